The molecule has 1 saturated heterocycles. The van der Waals surface area contributed by atoms with E-state index in [1.165, 1.54) is 0 Å². The zero-order valence-electron chi connectivity index (χ0n) is 21.8. The Morgan fingerprint density at radius 2 is 1.18 bits per heavy atom. The van der Waals surface area contributed by atoms with Gasteiger partial charge in [-0.2, -0.15) is 0 Å². The molecule has 0 saturated carbocycles. The number of hydrogen-bond acceptors (Lipinski definition) is 6. The minimum atomic E-state index is -0.572. The highest BCUT2D eigenvalue weighted by Gasteiger charge is 2.41. The number of benzene rings is 4. The van der Waals surface area contributed by atoms with Crippen LogP contribution in [0.5, 0.6) is 11.5 Å². The van der Waals surface area contributed by atoms with Crippen LogP contribution < -0.4 is 4.74 Å². The molecule has 4 aromatic carbocycles. The first-order chi connectivity index (χ1) is 19.2. The molecule has 0 aliphatic carbocycles. The zero-order valence-corrected chi connectivity index (χ0v) is 21.8. The maximum Gasteiger partial charge on any atom is 0.202 e. The van der Waals surface area contributed by atoms with E-state index in [1.54, 1.807) is 24.3 Å². The normalized spacial score (nSPS) is 20.9. The van der Waals surface area contributed by atoms with Crippen LogP contribution in [0, 0.1) is 0 Å². The summed E-state index contributed by atoms with van der Waals surface area (Å²) in [5, 5.41) is 9.66. The second kappa shape index (κ2) is 13.9. The summed E-state index contributed by atoms with van der Waals surface area (Å²) in [4.78, 5) is 0. The lowest BCUT2D eigenvalue weighted by molar-refractivity contribution is -0.257. The molecule has 4 aromatic rings. The number of hydrogen-bond donors (Lipinski definition) is 1. The SMILES string of the molecule is Oc1ccc(OC2C[C@@H](OCc3ccccc3)[C@H](OCc3ccccc3)[C@@H](COCc3ccccc3)O2)cc1. The monoisotopic (exact) mass is 526 g/mol. The predicted octanol–water partition coefficient (Wildman–Crippen LogP) is 6.27. The number of ether oxygens (including phenoxy) is 5. The molecule has 202 valence electrons. The van der Waals surface area contributed by atoms with Crippen LogP contribution >= 0.6 is 0 Å². The van der Waals surface area contributed by atoms with Crippen molar-refractivity contribution in [1.82, 2.24) is 0 Å². The lowest BCUT2D eigenvalue weighted by atomic mass is 10.0. The van der Waals surface area contributed by atoms with E-state index in [0.29, 0.717) is 38.6 Å². The van der Waals surface area contributed by atoms with Crippen LogP contribution in [-0.2, 0) is 38.8 Å². The quantitative estimate of drug-likeness (QED) is 0.235. The van der Waals surface area contributed by atoms with Gasteiger partial charge in [-0.25, -0.2) is 0 Å². The smallest absolute Gasteiger partial charge is 0.202 e. The third kappa shape index (κ3) is 8.15. The van der Waals surface area contributed by atoms with Gasteiger partial charge in [0.05, 0.1) is 32.5 Å². The summed E-state index contributed by atoms with van der Waals surface area (Å²) in [5.74, 6) is 0.782. The summed E-state index contributed by atoms with van der Waals surface area (Å²) in [6, 6.07) is 36.8. The molecule has 1 aliphatic heterocycles. The minimum Gasteiger partial charge on any atom is -0.508 e. The summed E-state index contributed by atoms with van der Waals surface area (Å²) in [5.41, 5.74) is 3.24. The molecule has 1 fully saturated rings. The van der Waals surface area contributed by atoms with Crippen LogP contribution in [0.4, 0.5) is 0 Å². The molecule has 1 unspecified atom stereocenters. The average Bonchev–Trinajstić information content (AvgIpc) is 2.98. The van der Waals surface area contributed by atoms with Gasteiger partial charge in [-0.1, -0.05) is 91.0 Å². The molecule has 0 bridgehead atoms. The maximum atomic E-state index is 9.66. The first kappa shape index (κ1) is 26.9. The first-order valence-electron chi connectivity index (χ1n) is 13.3. The fourth-order valence-electron chi connectivity index (χ4n) is 4.57. The molecule has 6 heteroatoms. The van der Waals surface area contributed by atoms with Gasteiger partial charge in [0.25, 0.3) is 0 Å². The van der Waals surface area contributed by atoms with Crippen LogP contribution in [0.25, 0.3) is 0 Å². The molecule has 5 rings (SSSR count). The third-order valence-corrected chi connectivity index (χ3v) is 6.57. The van der Waals surface area contributed by atoms with E-state index in [9.17, 15) is 5.11 Å². The van der Waals surface area contributed by atoms with Gasteiger partial charge < -0.3 is 28.8 Å². The molecular formula is C33H34O6. The molecule has 0 radical (unpaired) electrons. The van der Waals surface area contributed by atoms with Crippen molar-refractivity contribution in [2.75, 3.05) is 6.61 Å². The van der Waals surface area contributed by atoms with Gasteiger partial charge in [0.1, 0.15) is 23.7 Å². The highest BCUT2D eigenvalue weighted by Crippen LogP contribution is 2.30. The van der Waals surface area contributed by atoms with Gasteiger partial charge >= 0.3 is 0 Å². The lowest BCUT2D eigenvalue weighted by Crippen LogP contribution is -2.53. The van der Waals surface area contributed by atoms with E-state index in [-0.39, 0.29) is 18.0 Å². The van der Waals surface area contributed by atoms with Gasteiger partial charge in [0, 0.05) is 6.42 Å². The molecule has 4 atom stereocenters. The van der Waals surface area contributed by atoms with Gasteiger partial charge in [0.2, 0.25) is 6.29 Å². The highest BCUT2D eigenvalue weighted by atomic mass is 16.7. The van der Waals surface area contributed by atoms with Crippen molar-refractivity contribution in [2.45, 2.75) is 50.8 Å². The van der Waals surface area contributed by atoms with Crippen LogP contribution in [0.3, 0.4) is 0 Å². The highest BCUT2D eigenvalue weighted by molar-refractivity contribution is 5.30. The van der Waals surface area contributed by atoms with Gasteiger partial charge in [-0.15, -0.1) is 0 Å². The molecule has 39 heavy (non-hydrogen) atoms. The van der Waals surface area contributed by atoms with E-state index in [1.807, 2.05) is 91.0 Å². The van der Waals surface area contributed by atoms with Gasteiger partial charge in [-0.05, 0) is 41.0 Å². The standard InChI is InChI=1S/C33H34O6/c34-28-16-18-29(19-17-28)38-32-20-30(36-22-26-12-6-2-7-13-26)33(37-23-27-14-8-3-9-15-27)31(39-32)24-35-21-25-10-4-1-5-11-25/h1-19,30-34H,20-24H2/t30-,31-,32?,33+/m1/s1. The topological polar surface area (TPSA) is 66.4 Å². The van der Waals surface area contributed by atoms with Crippen LogP contribution in [-0.4, -0.2) is 36.3 Å². The number of aromatic hydroxyl groups is 1. The molecule has 1 N–H and O–H groups in total. The summed E-state index contributed by atoms with van der Waals surface area (Å²) >= 11 is 0. The Morgan fingerprint density at radius 1 is 0.641 bits per heavy atom. The Labute approximate surface area is 229 Å². The van der Waals surface area contributed by atoms with E-state index >= 15 is 0 Å². The molecular weight excluding hydrogens is 492 g/mol. The Balaban J connectivity index is 1.33. The van der Waals surface area contributed by atoms with Crippen molar-refractivity contribution in [1.29, 1.82) is 0 Å². The predicted molar refractivity (Wildman–Crippen MR) is 148 cm³/mol. The minimum absolute atomic E-state index is 0.178. The fraction of sp³-hybridized carbons (Fsp3) is 0.273. The zero-order chi connectivity index (χ0) is 26.7. The summed E-state index contributed by atoms with van der Waals surface area (Å²) in [6.45, 7) is 1.65. The second-order valence-electron chi connectivity index (χ2n) is 9.55. The third-order valence-electron chi connectivity index (χ3n) is 6.57. The van der Waals surface area contributed by atoms with Crippen LogP contribution in [0.15, 0.2) is 115 Å². The Kier molecular flexibility index (Phi) is 9.60. The fourth-order valence-corrected chi connectivity index (χ4v) is 4.57. The van der Waals surface area contributed by atoms with E-state index in [4.69, 9.17) is 23.7 Å². The van der Waals surface area contributed by atoms with Crippen molar-refractivity contribution < 1.29 is 28.8 Å². The maximum absolute atomic E-state index is 9.66. The summed E-state index contributed by atoms with van der Waals surface area (Å²) in [7, 11) is 0. The van der Waals surface area contributed by atoms with Gasteiger partial charge in [-0.3, -0.25) is 0 Å². The molecule has 0 aromatic heterocycles. The van der Waals surface area contributed by atoms with Crippen molar-refractivity contribution >= 4 is 0 Å². The van der Waals surface area contributed by atoms with E-state index < -0.39 is 12.4 Å². The Hall–Kier alpha value is -3.68. The number of phenols is 1. The molecule has 0 spiro atoms. The summed E-state index contributed by atoms with van der Waals surface area (Å²) in [6.07, 6.45) is -1.19. The van der Waals surface area contributed by atoms with E-state index in [2.05, 4.69) is 0 Å². The van der Waals surface area contributed by atoms with Crippen molar-refractivity contribution in [3.05, 3.63) is 132 Å². The van der Waals surface area contributed by atoms with Crippen molar-refractivity contribution in [2.24, 2.45) is 0 Å². The molecule has 0 amide bonds. The Bertz CT molecular complexity index is 1230. The van der Waals surface area contributed by atoms with Crippen molar-refractivity contribution in [3.8, 4) is 11.5 Å². The second-order valence-corrected chi connectivity index (χ2v) is 9.55. The molecule has 1 heterocycles. The van der Waals surface area contributed by atoms with E-state index in [0.717, 1.165) is 16.7 Å². The largest absolute Gasteiger partial charge is 0.508 e. The molecule has 1 aliphatic rings. The average molecular weight is 527 g/mol. The molecule has 6 nitrogen and oxygen atoms in total. The van der Waals surface area contributed by atoms with Gasteiger partial charge in [0.15, 0.2) is 0 Å². The lowest BCUT2D eigenvalue weighted by Gasteiger charge is -2.41. The van der Waals surface area contributed by atoms with Crippen molar-refractivity contribution in [3.63, 3.8) is 0 Å². The van der Waals surface area contributed by atoms with Crippen LogP contribution in [0.2, 0.25) is 0 Å². The number of phenolic OH excluding ortho intramolecular Hbond substituents is 1. The van der Waals surface area contributed by atoms with Crippen LogP contribution in [0.1, 0.15) is 23.1 Å². The first-order valence-corrected chi connectivity index (χ1v) is 13.3. The summed E-state index contributed by atoms with van der Waals surface area (Å²) < 4.78 is 31.7. The Morgan fingerprint density at radius 3 is 1.77 bits per heavy atom. The number of rotatable bonds is 12.